The van der Waals surface area contributed by atoms with E-state index in [1.165, 1.54) is 0 Å². The van der Waals surface area contributed by atoms with Crippen molar-refractivity contribution in [2.45, 2.75) is 12.8 Å². The predicted molar refractivity (Wildman–Crippen MR) is 49.3 cm³/mol. The van der Waals surface area contributed by atoms with Crippen LogP contribution in [0.2, 0.25) is 0 Å². The Hall–Kier alpha value is -2.29. The smallest absolute Gasteiger partial charge is 0.240 e. The van der Waals surface area contributed by atoms with Crippen LogP contribution in [0, 0.1) is 11.3 Å². The van der Waals surface area contributed by atoms with Crippen LogP contribution in [0.4, 0.5) is 0 Å². The largest absolute Gasteiger partial charge is 0.339 e. The maximum Gasteiger partial charge on any atom is 0.240 e. The monoisotopic (exact) mass is 201 g/mol. The minimum atomic E-state index is 0.350. The first-order chi connectivity index (χ1) is 7.40. The van der Waals surface area contributed by atoms with Gasteiger partial charge in [-0.05, 0) is 6.07 Å². The standard InChI is InChI=1S/C9H7N5O/c10-4-1-3-7-13-9(14-15-7)8-11-5-2-6-12-8/h2,5-6H,1,3H2. The van der Waals surface area contributed by atoms with Gasteiger partial charge in [-0.2, -0.15) is 10.2 Å². The van der Waals surface area contributed by atoms with Gasteiger partial charge in [0.15, 0.2) is 0 Å². The number of nitrogens with zero attached hydrogens (tertiary/aromatic N) is 5. The summed E-state index contributed by atoms with van der Waals surface area (Å²) in [4.78, 5) is 12.0. The summed E-state index contributed by atoms with van der Waals surface area (Å²) >= 11 is 0. The van der Waals surface area contributed by atoms with E-state index in [1.807, 2.05) is 6.07 Å². The first-order valence-electron chi connectivity index (χ1n) is 4.37. The van der Waals surface area contributed by atoms with Gasteiger partial charge in [0.05, 0.1) is 6.07 Å². The molecule has 0 aliphatic carbocycles. The molecule has 0 saturated carbocycles. The van der Waals surface area contributed by atoms with Gasteiger partial charge in [0, 0.05) is 25.2 Å². The zero-order valence-corrected chi connectivity index (χ0v) is 7.79. The molecule has 6 heteroatoms. The zero-order chi connectivity index (χ0) is 10.5. The number of aromatic nitrogens is 4. The molecule has 2 aromatic heterocycles. The highest BCUT2D eigenvalue weighted by Gasteiger charge is 2.09. The highest BCUT2D eigenvalue weighted by molar-refractivity contribution is 5.40. The SMILES string of the molecule is N#CCCc1nc(-c2ncccn2)no1. The van der Waals surface area contributed by atoms with Crippen LogP contribution in [0.3, 0.4) is 0 Å². The molecule has 0 aliphatic rings. The van der Waals surface area contributed by atoms with Gasteiger partial charge in [-0.15, -0.1) is 0 Å². The third-order valence-corrected chi connectivity index (χ3v) is 1.68. The van der Waals surface area contributed by atoms with Crippen LogP contribution >= 0.6 is 0 Å². The van der Waals surface area contributed by atoms with Crippen molar-refractivity contribution in [1.29, 1.82) is 5.26 Å². The van der Waals surface area contributed by atoms with E-state index in [-0.39, 0.29) is 0 Å². The molecule has 0 unspecified atom stereocenters. The lowest BCUT2D eigenvalue weighted by Gasteiger charge is -1.88. The number of nitriles is 1. The molecule has 15 heavy (non-hydrogen) atoms. The Kier molecular flexibility index (Phi) is 2.65. The summed E-state index contributed by atoms with van der Waals surface area (Å²) in [7, 11) is 0. The van der Waals surface area contributed by atoms with Crippen molar-refractivity contribution >= 4 is 0 Å². The second-order valence-corrected chi connectivity index (χ2v) is 2.74. The Morgan fingerprint density at radius 1 is 1.27 bits per heavy atom. The van der Waals surface area contributed by atoms with Crippen LogP contribution in [0.15, 0.2) is 23.0 Å². The van der Waals surface area contributed by atoms with Crippen LogP contribution in [0.25, 0.3) is 11.6 Å². The first kappa shape index (κ1) is 9.27. The predicted octanol–water partition coefficient (Wildman–Crippen LogP) is 0.983. The summed E-state index contributed by atoms with van der Waals surface area (Å²) in [5.74, 6) is 1.20. The number of hydrogen-bond donors (Lipinski definition) is 0. The molecule has 0 aliphatic heterocycles. The van der Waals surface area contributed by atoms with Crippen molar-refractivity contribution in [3.05, 3.63) is 24.4 Å². The summed E-state index contributed by atoms with van der Waals surface area (Å²) in [6, 6.07) is 3.71. The van der Waals surface area contributed by atoms with Crippen LogP contribution in [-0.4, -0.2) is 20.1 Å². The average molecular weight is 201 g/mol. The summed E-state index contributed by atoms with van der Waals surface area (Å²) in [5, 5.41) is 12.1. The van der Waals surface area contributed by atoms with Gasteiger partial charge >= 0.3 is 0 Å². The maximum absolute atomic E-state index is 8.39. The lowest BCUT2D eigenvalue weighted by molar-refractivity contribution is 0.379. The molecule has 0 saturated heterocycles. The first-order valence-corrected chi connectivity index (χ1v) is 4.37. The van der Waals surface area contributed by atoms with Gasteiger partial charge in [-0.25, -0.2) is 9.97 Å². The molecule has 0 amide bonds. The van der Waals surface area contributed by atoms with Gasteiger partial charge in [-0.1, -0.05) is 5.16 Å². The Balaban J connectivity index is 2.18. The molecule has 2 aromatic rings. The molecule has 6 nitrogen and oxygen atoms in total. The summed E-state index contributed by atoms with van der Waals surface area (Å²) < 4.78 is 4.93. The maximum atomic E-state index is 8.39. The molecule has 2 rings (SSSR count). The zero-order valence-electron chi connectivity index (χ0n) is 7.79. The minimum absolute atomic E-state index is 0.350. The lowest BCUT2D eigenvalue weighted by Crippen LogP contribution is -1.89. The van der Waals surface area contributed by atoms with Crippen molar-refractivity contribution in [3.63, 3.8) is 0 Å². The van der Waals surface area contributed by atoms with Gasteiger partial charge in [0.2, 0.25) is 17.5 Å². The van der Waals surface area contributed by atoms with Gasteiger partial charge in [-0.3, -0.25) is 0 Å². The van der Waals surface area contributed by atoms with Crippen molar-refractivity contribution in [3.8, 4) is 17.7 Å². The molecule has 0 bridgehead atoms. The molecule has 2 heterocycles. The quantitative estimate of drug-likeness (QED) is 0.735. The van der Waals surface area contributed by atoms with E-state index in [2.05, 4.69) is 20.1 Å². The van der Waals surface area contributed by atoms with E-state index >= 15 is 0 Å². The Morgan fingerprint density at radius 2 is 2.07 bits per heavy atom. The summed E-state index contributed by atoms with van der Waals surface area (Å²) in [6.45, 7) is 0. The lowest BCUT2D eigenvalue weighted by atomic mass is 10.3. The molecule has 0 N–H and O–H groups in total. The van der Waals surface area contributed by atoms with Crippen LogP contribution < -0.4 is 0 Å². The van der Waals surface area contributed by atoms with Crippen molar-refractivity contribution < 1.29 is 4.52 Å². The number of hydrogen-bond acceptors (Lipinski definition) is 6. The Bertz CT molecular complexity index is 473. The highest BCUT2D eigenvalue weighted by atomic mass is 16.5. The van der Waals surface area contributed by atoms with E-state index in [0.717, 1.165) is 0 Å². The molecule has 74 valence electrons. The van der Waals surface area contributed by atoms with E-state index in [4.69, 9.17) is 9.78 Å². The highest BCUT2D eigenvalue weighted by Crippen LogP contribution is 2.09. The Labute approximate surface area is 85.6 Å². The minimum Gasteiger partial charge on any atom is -0.339 e. The molecule has 0 radical (unpaired) electrons. The van der Waals surface area contributed by atoms with Gasteiger partial charge in [0.1, 0.15) is 0 Å². The third-order valence-electron chi connectivity index (χ3n) is 1.68. The summed E-state index contributed by atoms with van der Waals surface area (Å²) in [6.07, 6.45) is 4.02. The second-order valence-electron chi connectivity index (χ2n) is 2.74. The average Bonchev–Trinajstić information content (AvgIpc) is 2.76. The van der Waals surface area contributed by atoms with Crippen molar-refractivity contribution in [1.82, 2.24) is 20.1 Å². The second kappa shape index (κ2) is 4.28. The molecule has 0 atom stereocenters. The fourth-order valence-corrected chi connectivity index (χ4v) is 1.02. The topological polar surface area (TPSA) is 88.5 Å². The molecule has 0 fully saturated rings. The molecule has 0 spiro atoms. The third kappa shape index (κ3) is 2.14. The normalized spacial score (nSPS) is 9.80. The molecular formula is C9H7N5O. The fraction of sp³-hybridized carbons (Fsp3) is 0.222. The molecular weight excluding hydrogens is 194 g/mol. The number of aryl methyl sites for hydroxylation is 1. The fourth-order valence-electron chi connectivity index (χ4n) is 1.02. The Morgan fingerprint density at radius 3 is 2.80 bits per heavy atom. The van der Waals surface area contributed by atoms with Crippen LogP contribution in [0.5, 0.6) is 0 Å². The summed E-state index contributed by atoms with van der Waals surface area (Å²) in [5.41, 5.74) is 0. The van der Waals surface area contributed by atoms with Gasteiger partial charge < -0.3 is 4.52 Å². The van der Waals surface area contributed by atoms with Crippen LogP contribution in [-0.2, 0) is 6.42 Å². The number of rotatable bonds is 3. The van der Waals surface area contributed by atoms with Crippen LogP contribution in [0.1, 0.15) is 12.3 Å². The van der Waals surface area contributed by atoms with Crippen molar-refractivity contribution in [2.75, 3.05) is 0 Å². The molecule has 0 aromatic carbocycles. The van der Waals surface area contributed by atoms with E-state index in [0.29, 0.717) is 30.4 Å². The van der Waals surface area contributed by atoms with Gasteiger partial charge in [0.25, 0.3) is 0 Å². The van der Waals surface area contributed by atoms with E-state index in [1.54, 1.807) is 18.5 Å². The van der Waals surface area contributed by atoms with E-state index < -0.39 is 0 Å². The van der Waals surface area contributed by atoms with E-state index in [9.17, 15) is 0 Å². The van der Waals surface area contributed by atoms with Crippen molar-refractivity contribution in [2.24, 2.45) is 0 Å².